The second kappa shape index (κ2) is 10.6. The van der Waals surface area contributed by atoms with Gasteiger partial charge in [0.05, 0.1) is 29.7 Å². The number of hydrogen-bond acceptors (Lipinski definition) is 8. The predicted octanol–water partition coefficient (Wildman–Crippen LogP) is 3.98. The smallest absolute Gasteiger partial charge is 0.259 e. The van der Waals surface area contributed by atoms with Crippen molar-refractivity contribution in [2.75, 3.05) is 42.3 Å². The zero-order chi connectivity index (χ0) is 28.6. The monoisotopic (exact) mass is 559 g/mol. The lowest BCUT2D eigenvalue weighted by Gasteiger charge is -2.34. The van der Waals surface area contributed by atoms with Gasteiger partial charge >= 0.3 is 0 Å². The lowest BCUT2D eigenvalue weighted by atomic mass is 9.93. The van der Waals surface area contributed by atoms with Gasteiger partial charge < -0.3 is 25.4 Å². The third kappa shape index (κ3) is 7.20. The number of nitrogens with one attached hydrogen (secondary N) is 3. The molecule has 39 heavy (non-hydrogen) atoms. The molecule has 1 aromatic carbocycles. The highest BCUT2D eigenvalue weighted by Crippen LogP contribution is 2.54. The average Bonchev–Trinajstić information content (AvgIpc) is 3.61. The van der Waals surface area contributed by atoms with Crippen LogP contribution in [0, 0.1) is 5.41 Å². The first-order chi connectivity index (χ1) is 18.1. The fraction of sp³-hybridized carbons (Fsp3) is 0.571. The number of ether oxygens (including phenoxy) is 1. The number of nitrogens with zero attached hydrogens (tertiary/aromatic N) is 2. The number of anilines is 3. The molecule has 1 aromatic heterocycles. The van der Waals surface area contributed by atoms with E-state index in [1.807, 2.05) is 13.8 Å². The Balaban J connectivity index is 1.65. The van der Waals surface area contributed by atoms with Gasteiger partial charge in [0, 0.05) is 36.4 Å². The van der Waals surface area contributed by atoms with Gasteiger partial charge in [0.25, 0.3) is 5.91 Å². The molecule has 0 bridgehead atoms. The van der Waals surface area contributed by atoms with E-state index in [2.05, 4.69) is 20.3 Å². The summed E-state index contributed by atoms with van der Waals surface area (Å²) < 4.78 is 34.0. The van der Waals surface area contributed by atoms with Crippen molar-refractivity contribution < 1.29 is 23.1 Å². The Hall–Kier alpha value is -2.89. The summed E-state index contributed by atoms with van der Waals surface area (Å²) in [5.41, 5.74) is -0.137. The molecule has 1 saturated heterocycles. The molecule has 0 radical (unpaired) electrons. The first-order valence-corrected chi connectivity index (χ1v) is 14.8. The first kappa shape index (κ1) is 29.1. The van der Waals surface area contributed by atoms with Crippen molar-refractivity contribution >= 4 is 33.3 Å². The molecule has 214 valence electrons. The molecule has 10 nitrogen and oxygen atoms in total. The van der Waals surface area contributed by atoms with E-state index in [0.717, 1.165) is 25.9 Å². The highest BCUT2D eigenvalue weighted by Gasteiger charge is 2.45. The molecule has 0 unspecified atom stereocenters. The summed E-state index contributed by atoms with van der Waals surface area (Å²) in [5.74, 6) is 1.02. The summed E-state index contributed by atoms with van der Waals surface area (Å²) in [5, 5.41) is 15.8. The minimum absolute atomic E-state index is 0.0121. The molecule has 2 aromatic rings. The molecule has 11 heteroatoms. The van der Waals surface area contributed by atoms with E-state index in [1.54, 1.807) is 39.0 Å². The highest BCUT2D eigenvalue weighted by atomic mass is 32.2. The summed E-state index contributed by atoms with van der Waals surface area (Å²) in [6.07, 6.45) is 4.65. The van der Waals surface area contributed by atoms with Gasteiger partial charge in [-0.3, -0.25) is 4.79 Å². The fourth-order valence-electron chi connectivity index (χ4n) is 4.77. The number of aliphatic hydroxyl groups excluding tert-OH is 1. The molecule has 1 amide bonds. The van der Waals surface area contributed by atoms with E-state index in [0.29, 0.717) is 34.1 Å². The molecule has 2 fully saturated rings. The maximum absolute atomic E-state index is 13.6. The van der Waals surface area contributed by atoms with Gasteiger partial charge in [-0.15, -0.1) is 0 Å². The van der Waals surface area contributed by atoms with Crippen molar-refractivity contribution in [2.24, 2.45) is 5.41 Å². The van der Waals surface area contributed by atoms with Gasteiger partial charge in [-0.05, 0) is 83.9 Å². The number of methoxy groups -OCH3 is 1. The zero-order valence-corrected chi connectivity index (χ0v) is 24.5. The molecule has 4 N–H and O–H groups in total. The van der Waals surface area contributed by atoms with E-state index < -0.39 is 27.0 Å². The fourth-order valence-corrected chi connectivity index (χ4v) is 6.25. The number of piperidine rings is 1. The van der Waals surface area contributed by atoms with Crippen LogP contribution in [-0.4, -0.2) is 62.3 Å². The summed E-state index contributed by atoms with van der Waals surface area (Å²) in [6.45, 7) is 10.5. The molecule has 2 heterocycles. The van der Waals surface area contributed by atoms with Crippen molar-refractivity contribution in [3.63, 3.8) is 0 Å². The summed E-state index contributed by atoms with van der Waals surface area (Å²) in [7, 11) is -2.42. The number of hydrogen-bond donors (Lipinski definition) is 4. The van der Waals surface area contributed by atoms with Crippen molar-refractivity contribution in [3.05, 3.63) is 35.9 Å². The van der Waals surface area contributed by atoms with Crippen LogP contribution in [0.15, 0.2) is 35.2 Å². The van der Waals surface area contributed by atoms with Crippen LogP contribution >= 0.6 is 0 Å². The van der Waals surface area contributed by atoms with Crippen molar-refractivity contribution in [1.29, 1.82) is 0 Å². The van der Waals surface area contributed by atoms with Crippen LogP contribution in [0.4, 0.5) is 17.3 Å². The lowest BCUT2D eigenvalue weighted by molar-refractivity contribution is 0.102. The minimum Gasteiger partial charge on any atom is -0.497 e. The van der Waals surface area contributed by atoms with E-state index in [9.17, 15) is 18.3 Å². The van der Waals surface area contributed by atoms with Gasteiger partial charge in [0.1, 0.15) is 17.4 Å². The van der Waals surface area contributed by atoms with Crippen molar-refractivity contribution in [2.45, 2.75) is 76.3 Å². The molecule has 4 rings (SSSR count). The van der Waals surface area contributed by atoms with Gasteiger partial charge in [-0.2, -0.15) is 0 Å². The Morgan fingerprint density at radius 2 is 1.74 bits per heavy atom. The molecular formula is C28H41N5O5S. The maximum atomic E-state index is 13.6. The number of aromatic nitrogens is 1. The molecule has 1 aliphatic carbocycles. The summed E-state index contributed by atoms with van der Waals surface area (Å²) in [6, 6.07) is 7.85. The van der Waals surface area contributed by atoms with Gasteiger partial charge in [0.2, 0.25) is 10.0 Å². The van der Waals surface area contributed by atoms with E-state index in [4.69, 9.17) is 9.72 Å². The van der Waals surface area contributed by atoms with Crippen molar-refractivity contribution in [3.8, 4) is 5.75 Å². The van der Waals surface area contributed by atoms with Gasteiger partial charge in [-0.25, -0.2) is 18.1 Å². The Morgan fingerprint density at radius 1 is 1.08 bits per heavy atom. The summed E-state index contributed by atoms with van der Waals surface area (Å²) >= 11 is 0. The first-order valence-electron chi connectivity index (χ1n) is 13.3. The summed E-state index contributed by atoms with van der Waals surface area (Å²) in [4.78, 5) is 20.5. The molecule has 0 atom stereocenters. The third-order valence-electron chi connectivity index (χ3n) is 7.19. The van der Waals surface area contributed by atoms with E-state index >= 15 is 0 Å². The number of aliphatic hydroxyl groups is 1. The third-order valence-corrected chi connectivity index (χ3v) is 8.92. The molecule has 1 saturated carbocycles. The number of pyridine rings is 1. The average molecular weight is 560 g/mol. The van der Waals surface area contributed by atoms with E-state index in [-0.39, 0.29) is 11.5 Å². The van der Waals surface area contributed by atoms with E-state index in [1.165, 1.54) is 32.1 Å². The number of amides is 1. The quantitative estimate of drug-likeness (QED) is 0.363. The predicted molar refractivity (Wildman–Crippen MR) is 153 cm³/mol. The van der Waals surface area contributed by atoms with Gasteiger partial charge in [0.15, 0.2) is 0 Å². The van der Waals surface area contributed by atoms with Crippen LogP contribution in [0.5, 0.6) is 5.75 Å². The molecule has 1 aliphatic heterocycles. The van der Waals surface area contributed by atoms with Crippen LogP contribution < -0.4 is 25.0 Å². The highest BCUT2D eigenvalue weighted by molar-refractivity contribution is 7.89. The maximum Gasteiger partial charge on any atom is 0.259 e. The zero-order valence-electron chi connectivity index (χ0n) is 23.7. The van der Waals surface area contributed by atoms with Crippen LogP contribution in [0.3, 0.4) is 0 Å². The molecular weight excluding hydrogens is 518 g/mol. The second-order valence-corrected chi connectivity index (χ2v) is 14.1. The normalized spacial score (nSPS) is 17.2. The van der Waals surface area contributed by atoms with Crippen LogP contribution in [-0.2, 0) is 10.0 Å². The number of carbonyl (C=O) groups excluding carboxylic acids is 1. The van der Waals surface area contributed by atoms with Crippen LogP contribution in [0.25, 0.3) is 0 Å². The van der Waals surface area contributed by atoms with Crippen LogP contribution in [0.1, 0.15) is 70.7 Å². The Bertz CT molecular complexity index is 1320. The SMILES string of the molecule is COc1cc(NC(=O)c2ccc(NC(C)(C)CO)nc2N2CCC3(CC2)CC3)cc(S(=O)(=O)NC(C)(C)C)c1. The largest absolute Gasteiger partial charge is 0.497 e. The van der Waals surface area contributed by atoms with Gasteiger partial charge in [-0.1, -0.05) is 0 Å². The second-order valence-electron chi connectivity index (χ2n) is 12.4. The minimum atomic E-state index is -3.86. The van der Waals surface area contributed by atoms with Crippen molar-refractivity contribution in [1.82, 2.24) is 9.71 Å². The number of sulfonamides is 1. The lowest BCUT2D eigenvalue weighted by Crippen LogP contribution is -2.40. The standard InChI is InChI=1S/C28H41N5O5S/c1-26(2,3)32-39(36,37)21-16-19(15-20(17-21)38-6)29-25(35)22-7-8-23(31-27(4,5)18-34)30-24(22)33-13-11-28(9-10-28)12-14-33/h7-8,15-17,32,34H,9-14,18H2,1-6H3,(H,29,35)(H,30,31). The molecule has 2 aliphatic rings. The Kier molecular flexibility index (Phi) is 7.90. The topological polar surface area (TPSA) is 133 Å². The Labute approximate surface area is 231 Å². The van der Waals surface area contributed by atoms with Crippen LogP contribution in [0.2, 0.25) is 0 Å². The number of carbonyl (C=O) groups is 1. The molecule has 1 spiro atoms. The number of benzene rings is 1. The number of rotatable bonds is 9. The Morgan fingerprint density at radius 3 is 2.31 bits per heavy atom.